The van der Waals surface area contributed by atoms with Crippen LogP contribution in [-0.4, -0.2) is 35.2 Å². The number of hydrogen-bond acceptors (Lipinski definition) is 4. The third-order valence-electron chi connectivity index (χ3n) is 4.65. The Morgan fingerprint density at radius 3 is 2.42 bits per heavy atom. The second kappa shape index (κ2) is 8.74. The molecular weight excluding hydrogens is 461 g/mol. The molecule has 0 atom stereocenters. The average molecular weight is 479 g/mol. The third-order valence-corrected chi connectivity index (χ3v) is 5.73. The van der Waals surface area contributed by atoms with Crippen LogP contribution < -0.4 is 5.32 Å². The molecule has 4 rings (SSSR count). The summed E-state index contributed by atoms with van der Waals surface area (Å²) in [5.74, 6) is -0.149. The Morgan fingerprint density at radius 2 is 1.74 bits per heavy atom. The van der Waals surface area contributed by atoms with E-state index in [1.807, 2.05) is 26.0 Å². The molecule has 0 fully saturated rings. The number of aryl methyl sites for hydroxylation is 1. The smallest absolute Gasteiger partial charge is 0.277 e. The quantitative estimate of drug-likeness (QED) is 0.437. The molecule has 0 aliphatic heterocycles. The van der Waals surface area contributed by atoms with Crippen LogP contribution in [0.15, 0.2) is 42.7 Å². The summed E-state index contributed by atoms with van der Waals surface area (Å²) in [6, 6.07) is 9.03. The fourth-order valence-corrected chi connectivity index (χ4v) is 3.48. The molecule has 8 nitrogen and oxygen atoms in total. The van der Waals surface area contributed by atoms with Crippen molar-refractivity contribution in [2.24, 2.45) is 0 Å². The SMILES string of the molecule is Cc1nn(Cn2ccc(C(=O)Nc3nn(Cc4ccc(Cl)cc4)cc3Cl)n2)c(C)c1Cl. The van der Waals surface area contributed by atoms with Gasteiger partial charge in [-0.15, -0.1) is 0 Å². The highest BCUT2D eigenvalue weighted by molar-refractivity contribution is 6.33. The van der Waals surface area contributed by atoms with Crippen molar-refractivity contribution >= 4 is 46.5 Å². The summed E-state index contributed by atoms with van der Waals surface area (Å²) in [6.45, 7) is 4.54. The molecule has 1 amide bonds. The van der Waals surface area contributed by atoms with Gasteiger partial charge in [-0.25, -0.2) is 4.68 Å². The molecule has 1 N–H and O–H groups in total. The van der Waals surface area contributed by atoms with Crippen LogP contribution >= 0.6 is 34.8 Å². The molecular formula is C20H18Cl3N7O. The lowest BCUT2D eigenvalue weighted by Crippen LogP contribution is -2.16. The van der Waals surface area contributed by atoms with Crippen molar-refractivity contribution in [3.8, 4) is 0 Å². The highest BCUT2D eigenvalue weighted by atomic mass is 35.5. The zero-order valence-corrected chi connectivity index (χ0v) is 18.9. The number of nitrogens with zero attached hydrogens (tertiary/aromatic N) is 6. The maximum absolute atomic E-state index is 12.6. The van der Waals surface area contributed by atoms with Crippen molar-refractivity contribution in [2.45, 2.75) is 27.1 Å². The van der Waals surface area contributed by atoms with Crippen molar-refractivity contribution in [2.75, 3.05) is 5.32 Å². The summed E-state index contributed by atoms with van der Waals surface area (Å²) in [5.41, 5.74) is 2.81. The second-order valence-electron chi connectivity index (χ2n) is 6.97. The van der Waals surface area contributed by atoms with Gasteiger partial charge in [-0.3, -0.25) is 14.2 Å². The van der Waals surface area contributed by atoms with E-state index < -0.39 is 5.91 Å². The molecule has 0 bridgehead atoms. The van der Waals surface area contributed by atoms with E-state index in [0.717, 1.165) is 17.0 Å². The van der Waals surface area contributed by atoms with E-state index in [1.165, 1.54) is 0 Å². The van der Waals surface area contributed by atoms with Crippen molar-refractivity contribution < 1.29 is 4.79 Å². The van der Waals surface area contributed by atoms with Gasteiger partial charge in [0.15, 0.2) is 11.5 Å². The number of hydrogen-bond donors (Lipinski definition) is 1. The standard InChI is InChI=1S/C20H18Cl3N7O/c1-12-18(23)13(2)30(25-12)11-28-8-7-17(26-28)20(31)24-19-16(22)10-29(27-19)9-14-3-5-15(21)6-4-14/h3-8,10H,9,11H2,1-2H3,(H,24,27,31). The van der Waals surface area contributed by atoms with Gasteiger partial charge in [-0.05, 0) is 37.6 Å². The molecule has 0 aliphatic carbocycles. The van der Waals surface area contributed by atoms with Crippen molar-refractivity contribution in [3.05, 3.63) is 80.4 Å². The van der Waals surface area contributed by atoms with Crippen LogP contribution in [0.5, 0.6) is 0 Å². The lowest BCUT2D eigenvalue weighted by molar-refractivity contribution is 0.102. The maximum atomic E-state index is 12.6. The lowest BCUT2D eigenvalue weighted by Gasteiger charge is -2.04. The van der Waals surface area contributed by atoms with Gasteiger partial charge in [0.1, 0.15) is 11.7 Å². The molecule has 4 aromatic rings. The summed E-state index contributed by atoms with van der Waals surface area (Å²) in [5, 5.41) is 17.3. The van der Waals surface area contributed by atoms with E-state index in [2.05, 4.69) is 20.6 Å². The molecule has 160 valence electrons. The number of benzene rings is 1. The number of halogens is 3. The van der Waals surface area contributed by atoms with Gasteiger partial charge in [0.2, 0.25) is 0 Å². The number of rotatable bonds is 6. The van der Waals surface area contributed by atoms with Gasteiger partial charge in [-0.2, -0.15) is 15.3 Å². The molecule has 3 heterocycles. The molecule has 0 saturated heterocycles. The van der Waals surface area contributed by atoms with Crippen LogP contribution in [0, 0.1) is 13.8 Å². The largest absolute Gasteiger partial charge is 0.302 e. The third kappa shape index (κ3) is 4.76. The fourth-order valence-electron chi connectivity index (χ4n) is 3.02. The number of nitrogens with one attached hydrogen (secondary N) is 1. The zero-order chi connectivity index (χ0) is 22.1. The van der Waals surface area contributed by atoms with Gasteiger partial charge < -0.3 is 5.32 Å². The van der Waals surface area contributed by atoms with E-state index in [-0.39, 0.29) is 11.5 Å². The topological polar surface area (TPSA) is 82.6 Å². The average Bonchev–Trinajstić information content (AvgIpc) is 3.40. The Labute approximate surface area is 193 Å². The minimum Gasteiger partial charge on any atom is -0.302 e. The number of aromatic nitrogens is 6. The van der Waals surface area contributed by atoms with E-state index in [1.54, 1.807) is 44.6 Å². The van der Waals surface area contributed by atoms with Crippen molar-refractivity contribution in [1.82, 2.24) is 29.3 Å². The highest BCUT2D eigenvalue weighted by Gasteiger charge is 2.16. The van der Waals surface area contributed by atoms with Gasteiger partial charge in [-0.1, -0.05) is 46.9 Å². The zero-order valence-electron chi connectivity index (χ0n) is 16.7. The van der Waals surface area contributed by atoms with E-state index in [4.69, 9.17) is 34.8 Å². The molecule has 3 aromatic heterocycles. The molecule has 11 heteroatoms. The summed E-state index contributed by atoms with van der Waals surface area (Å²) in [7, 11) is 0. The number of carbonyl (C=O) groups excluding carboxylic acids is 1. The van der Waals surface area contributed by atoms with Crippen LogP contribution in [0.3, 0.4) is 0 Å². The predicted molar refractivity (Wildman–Crippen MR) is 120 cm³/mol. The van der Waals surface area contributed by atoms with E-state index >= 15 is 0 Å². The van der Waals surface area contributed by atoms with E-state index in [0.29, 0.717) is 28.3 Å². The summed E-state index contributed by atoms with van der Waals surface area (Å²) in [6.07, 6.45) is 3.34. The minimum absolute atomic E-state index is 0.232. The van der Waals surface area contributed by atoms with Gasteiger partial charge in [0.05, 0.1) is 23.0 Å². The first-order valence-electron chi connectivity index (χ1n) is 9.32. The number of anilines is 1. The molecule has 0 spiro atoms. The number of carbonyl (C=O) groups is 1. The summed E-state index contributed by atoms with van der Waals surface area (Å²) in [4.78, 5) is 12.6. The molecule has 0 unspecified atom stereocenters. The van der Waals surface area contributed by atoms with Crippen molar-refractivity contribution in [3.63, 3.8) is 0 Å². The van der Waals surface area contributed by atoms with Crippen LogP contribution in [-0.2, 0) is 13.2 Å². The van der Waals surface area contributed by atoms with Gasteiger partial charge in [0.25, 0.3) is 5.91 Å². The Kier molecular flexibility index (Phi) is 6.04. The van der Waals surface area contributed by atoms with Crippen molar-refractivity contribution in [1.29, 1.82) is 0 Å². The monoisotopic (exact) mass is 477 g/mol. The predicted octanol–water partition coefficient (Wildman–Crippen LogP) is 4.66. The second-order valence-corrected chi connectivity index (χ2v) is 8.19. The fraction of sp³-hybridized carbons (Fsp3) is 0.200. The highest BCUT2D eigenvalue weighted by Crippen LogP contribution is 2.21. The molecule has 0 aliphatic rings. The molecule has 31 heavy (non-hydrogen) atoms. The Bertz CT molecular complexity index is 1240. The molecule has 1 aromatic carbocycles. The first kappa shape index (κ1) is 21.4. The number of amides is 1. The lowest BCUT2D eigenvalue weighted by atomic mass is 10.2. The molecule has 0 saturated carbocycles. The summed E-state index contributed by atoms with van der Waals surface area (Å²) >= 11 is 18.3. The van der Waals surface area contributed by atoms with Crippen LogP contribution in [0.25, 0.3) is 0 Å². The normalized spacial score (nSPS) is 11.1. The minimum atomic E-state index is -0.413. The molecule has 0 radical (unpaired) electrons. The van der Waals surface area contributed by atoms with Crippen LogP contribution in [0.1, 0.15) is 27.4 Å². The first-order valence-corrected chi connectivity index (χ1v) is 10.5. The van der Waals surface area contributed by atoms with Crippen LogP contribution in [0.4, 0.5) is 5.82 Å². The van der Waals surface area contributed by atoms with Crippen LogP contribution in [0.2, 0.25) is 15.1 Å². The summed E-state index contributed by atoms with van der Waals surface area (Å²) < 4.78 is 4.97. The Hall–Kier alpha value is -2.81. The van der Waals surface area contributed by atoms with E-state index in [9.17, 15) is 4.79 Å². The van der Waals surface area contributed by atoms with Gasteiger partial charge in [0, 0.05) is 17.4 Å². The Morgan fingerprint density at radius 1 is 1.00 bits per heavy atom. The van der Waals surface area contributed by atoms with Gasteiger partial charge >= 0.3 is 0 Å². The Balaban J connectivity index is 1.43. The first-order chi connectivity index (χ1) is 14.8. The maximum Gasteiger partial charge on any atom is 0.277 e.